The maximum atomic E-state index is 11.5. The number of aromatic carboxylic acids is 2. The first-order chi connectivity index (χ1) is 9.49. The lowest BCUT2D eigenvalue weighted by molar-refractivity contribution is -0.00953. The Morgan fingerprint density at radius 1 is 1.40 bits per heavy atom. The quantitative estimate of drug-likeness (QED) is 0.686. The first-order valence-corrected chi connectivity index (χ1v) is 6.05. The van der Waals surface area contributed by atoms with Crippen LogP contribution >= 0.6 is 0 Å². The SMILES string of the molecule is O=C(O)c1cn(C[C@H]2NCCCO2)c(C(=O)O)cc1=O. The molecule has 0 bridgehead atoms. The number of carboxylic acids is 2. The molecule has 0 radical (unpaired) electrons. The minimum absolute atomic E-state index is 0.113. The van der Waals surface area contributed by atoms with E-state index in [1.807, 2.05) is 0 Å². The van der Waals surface area contributed by atoms with Crippen LogP contribution in [0, 0.1) is 0 Å². The monoisotopic (exact) mass is 282 g/mol. The van der Waals surface area contributed by atoms with Crippen LogP contribution in [0.2, 0.25) is 0 Å². The number of ether oxygens (including phenoxy) is 1. The number of hydrogen-bond donors (Lipinski definition) is 3. The number of carboxylic acid groups (broad SMARTS) is 2. The minimum Gasteiger partial charge on any atom is -0.477 e. The van der Waals surface area contributed by atoms with E-state index in [4.69, 9.17) is 14.9 Å². The van der Waals surface area contributed by atoms with E-state index in [1.54, 1.807) is 0 Å². The van der Waals surface area contributed by atoms with Crippen LogP contribution in [0.25, 0.3) is 0 Å². The standard InChI is InChI=1S/C12H14N2O6/c15-9-4-8(12(18)19)14(5-7(9)11(16)17)6-10-13-2-1-3-20-10/h4-5,10,13H,1-3,6H2,(H,16,17)(H,18,19)/t10-/m0/s1. The summed E-state index contributed by atoms with van der Waals surface area (Å²) in [6.45, 7) is 1.40. The molecule has 8 nitrogen and oxygen atoms in total. The van der Waals surface area contributed by atoms with Crippen molar-refractivity contribution in [2.75, 3.05) is 13.2 Å². The van der Waals surface area contributed by atoms with Gasteiger partial charge < -0.3 is 19.5 Å². The summed E-state index contributed by atoms with van der Waals surface area (Å²) in [7, 11) is 0. The van der Waals surface area contributed by atoms with Gasteiger partial charge in [-0.3, -0.25) is 10.1 Å². The van der Waals surface area contributed by atoms with E-state index >= 15 is 0 Å². The van der Waals surface area contributed by atoms with Crippen molar-refractivity contribution < 1.29 is 24.5 Å². The maximum absolute atomic E-state index is 11.5. The molecule has 0 aromatic carbocycles. The summed E-state index contributed by atoms with van der Waals surface area (Å²) in [5.74, 6) is -2.69. The third kappa shape index (κ3) is 3.03. The van der Waals surface area contributed by atoms with Crippen LogP contribution in [0.1, 0.15) is 27.3 Å². The average molecular weight is 282 g/mol. The van der Waals surface area contributed by atoms with E-state index in [0.717, 1.165) is 25.2 Å². The van der Waals surface area contributed by atoms with E-state index in [0.29, 0.717) is 6.61 Å². The largest absolute Gasteiger partial charge is 0.477 e. The number of rotatable bonds is 4. The van der Waals surface area contributed by atoms with Gasteiger partial charge in [-0.1, -0.05) is 0 Å². The number of aromatic nitrogens is 1. The van der Waals surface area contributed by atoms with Crippen molar-refractivity contribution >= 4 is 11.9 Å². The van der Waals surface area contributed by atoms with Crippen molar-refractivity contribution in [2.45, 2.75) is 19.2 Å². The summed E-state index contributed by atoms with van der Waals surface area (Å²) in [4.78, 5) is 33.6. The topological polar surface area (TPSA) is 118 Å². The first-order valence-electron chi connectivity index (χ1n) is 6.05. The molecule has 0 saturated carbocycles. The Balaban J connectivity index is 2.37. The molecule has 1 aromatic heterocycles. The Labute approximate surface area is 113 Å². The second-order valence-electron chi connectivity index (χ2n) is 4.37. The fourth-order valence-electron chi connectivity index (χ4n) is 1.99. The van der Waals surface area contributed by atoms with Crippen LogP contribution in [-0.4, -0.2) is 46.1 Å². The Bertz CT molecular complexity index is 588. The zero-order valence-corrected chi connectivity index (χ0v) is 10.5. The van der Waals surface area contributed by atoms with Crippen LogP contribution in [0.5, 0.6) is 0 Å². The van der Waals surface area contributed by atoms with Gasteiger partial charge in [-0.25, -0.2) is 9.59 Å². The number of hydrogen-bond acceptors (Lipinski definition) is 5. The molecule has 0 unspecified atom stereocenters. The van der Waals surface area contributed by atoms with Crippen molar-refractivity contribution in [3.8, 4) is 0 Å². The van der Waals surface area contributed by atoms with E-state index < -0.39 is 29.2 Å². The van der Waals surface area contributed by atoms with Crippen molar-refractivity contribution in [3.63, 3.8) is 0 Å². The van der Waals surface area contributed by atoms with Crippen LogP contribution < -0.4 is 10.7 Å². The van der Waals surface area contributed by atoms with Gasteiger partial charge in [0.1, 0.15) is 17.5 Å². The molecule has 1 aliphatic heterocycles. The number of carbonyl (C=O) groups is 2. The molecular weight excluding hydrogens is 268 g/mol. The van der Waals surface area contributed by atoms with E-state index in [1.165, 1.54) is 4.57 Å². The normalized spacial score (nSPS) is 18.7. The molecule has 20 heavy (non-hydrogen) atoms. The van der Waals surface area contributed by atoms with Crippen LogP contribution in [0.4, 0.5) is 0 Å². The van der Waals surface area contributed by atoms with Crippen molar-refractivity contribution in [2.24, 2.45) is 0 Å². The molecule has 3 N–H and O–H groups in total. The lowest BCUT2D eigenvalue weighted by Crippen LogP contribution is -2.42. The molecule has 2 heterocycles. The second-order valence-corrected chi connectivity index (χ2v) is 4.37. The average Bonchev–Trinajstić information content (AvgIpc) is 2.41. The van der Waals surface area contributed by atoms with Crippen LogP contribution in [-0.2, 0) is 11.3 Å². The Morgan fingerprint density at radius 2 is 2.15 bits per heavy atom. The maximum Gasteiger partial charge on any atom is 0.352 e. The Hall–Kier alpha value is -2.19. The number of nitrogens with one attached hydrogen (secondary N) is 1. The lowest BCUT2D eigenvalue weighted by Gasteiger charge is -2.25. The van der Waals surface area contributed by atoms with Gasteiger partial charge in [0.15, 0.2) is 5.43 Å². The van der Waals surface area contributed by atoms with Gasteiger partial charge in [0, 0.05) is 18.9 Å². The van der Waals surface area contributed by atoms with E-state index in [-0.39, 0.29) is 12.2 Å². The summed E-state index contributed by atoms with van der Waals surface area (Å²) < 4.78 is 6.60. The van der Waals surface area contributed by atoms with Gasteiger partial charge in [0.05, 0.1) is 6.54 Å². The zero-order valence-electron chi connectivity index (χ0n) is 10.5. The molecule has 1 aliphatic rings. The Kier molecular flexibility index (Phi) is 4.16. The number of nitrogens with zero attached hydrogens (tertiary/aromatic N) is 1. The summed E-state index contributed by atoms with van der Waals surface area (Å²) in [6, 6.07) is 0.814. The van der Waals surface area contributed by atoms with Crippen LogP contribution in [0.3, 0.4) is 0 Å². The molecule has 0 spiro atoms. The molecule has 1 atom stereocenters. The molecule has 1 fully saturated rings. The van der Waals surface area contributed by atoms with Gasteiger partial charge in [-0.05, 0) is 13.0 Å². The highest BCUT2D eigenvalue weighted by molar-refractivity contribution is 5.90. The summed E-state index contributed by atoms with van der Waals surface area (Å²) >= 11 is 0. The summed E-state index contributed by atoms with van der Waals surface area (Å²) in [6.07, 6.45) is 1.48. The zero-order chi connectivity index (χ0) is 14.7. The molecule has 2 rings (SSSR count). The van der Waals surface area contributed by atoms with Gasteiger partial charge in [-0.15, -0.1) is 0 Å². The third-order valence-electron chi connectivity index (χ3n) is 2.95. The fourth-order valence-corrected chi connectivity index (χ4v) is 1.99. The van der Waals surface area contributed by atoms with Gasteiger partial charge in [0.25, 0.3) is 0 Å². The smallest absolute Gasteiger partial charge is 0.352 e. The molecule has 8 heteroatoms. The first kappa shape index (κ1) is 14.2. The molecule has 1 saturated heterocycles. The second kappa shape index (κ2) is 5.85. The third-order valence-corrected chi connectivity index (χ3v) is 2.95. The minimum atomic E-state index is -1.39. The highest BCUT2D eigenvalue weighted by Crippen LogP contribution is 2.06. The van der Waals surface area contributed by atoms with Crippen molar-refractivity contribution in [1.82, 2.24) is 9.88 Å². The molecule has 0 amide bonds. The van der Waals surface area contributed by atoms with Crippen LogP contribution in [0.15, 0.2) is 17.1 Å². The van der Waals surface area contributed by atoms with Gasteiger partial charge in [0.2, 0.25) is 0 Å². The van der Waals surface area contributed by atoms with Crippen molar-refractivity contribution in [1.29, 1.82) is 0 Å². The molecule has 1 aromatic rings. The predicted molar refractivity (Wildman–Crippen MR) is 67.0 cm³/mol. The molecular formula is C12H14N2O6. The predicted octanol–water partition coefficient (Wildman–Crippen LogP) is -0.419. The summed E-state index contributed by atoms with van der Waals surface area (Å²) in [5.41, 5.74) is -1.56. The Morgan fingerprint density at radius 3 is 2.70 bits per heavy atom. The molecule has 108 valence electrons. The van der Waals surface area contributed by atoms with E-state index in [9.17, 15) is 14.4 Å². The highest BCUT2D eigenvalue weighted by atomic mass is 16.5. The van der Waals surface area contributed by atoms with Crippen molar-refractivity contribution in [3.05, 3.63) is 33.7 Å². The molecule has 0 aliphatic carbocycles. The van der Waals surface area contributed by atoms with Gasteiger partial charge >= 0.3 is 11.9 Å². The number of pyridine rings is 1. The lowest BCUT2D eigenvalue weighted by atomic mass is 10.2. The van der Waals surface area contributed by atoms with E-state index in [2.05, 4.69) is 5.32 Å². The summed E-state index contributed by atoms with van der Waals surface area (Å²) in [5, 5.41) is 21.0. The highest BCUT2D eigenvalue weighted by Gasteiger charge is 2.20. The fraction of sp³-hybridized carbons (Fsp3) is 0.417. The van der Waals surface area contributed by atoms with Gasteiger partial charge in [-0.2, -0.15) is 0 Å².